The molecule has 1 heterocycles. The first-order valence-electron chi connectivity index (χ1n) is 5.97. The molecular weight excluding hydrogens is 240 g/mol. The maximum absolute atomic E-state index is 11.8. The van der Waals surface area contributed by atoms with Crippen LogP contribution in [0, 0.1) is 16.0 Å². The highest BCUT2D eigenvalue weighted by atomic mass is 16.6. The third-order valence-electron chi connectivity index (χ3n) is 3.02. The number of esters is 1. The Hall–Kier alpha value is -1.66. The average molecular weight is 258 g/mol. The molecule has 1 rings (SSSR count). The standard InChI is InChI=1S/C11H18N2O5/c1-4-18-10(15)6-12-9(14)5-8(13(16)17)11(12)7(2)3/h7-8,11H,4-6H2,1-3H3/t8-,11+/m1/s1. The number of hydrogen-bond donors (Lipinski definition) is 0. The molecule has 1 aliphatic rings. The number of carbonyl (C=O) groups excluding carboxylic acids is 2. The molecule has 0 bridgehead atoms. The predicted octanol–water partition coefficient (Wildman–Crippen LogP) is 0.452. The quantitative estimate of drug-likeness (QED) is 0.406. The second-order valence-corrected chi connectivity index (χ2v) is 4.62. The Morgan fingerprint density at radius 1 is 1.61 bits per heavy atom. The first-order valence-corrected chi connectivity index (χ1v) is 5.97. The van der Waals surface area contributed by atoms with Crippen molar-refractivity contribution in [3.05, 3.63) is 10.1 Å². The van der Waals surface area contributed by atoms with Crippen molar-refractivity contribution in [2.45, 2.75) is 39.3 Å². The van der Waals surface area contributed by atoms with Crippen LogP contribution in [0.5, 0.6) is 0 Å². The Morgan fingerprint density at radius 3 is 2.67 bits per heavy atom. The first-order chi connectivity index (χ1) is 8.38. The van der Waals surface area contributed by atoms with Gasteiger partial charge in [0.1, 0.15) is 12.6 Å². The van der Waals surface area contributed by atoms with Crippen molar-refractivity contribution >= 4 is 11.9 Å². The van der Waals surface area contributed by atoms with E-state index in [2.05, 4.69) is 0 Å². The van der Waals surface area contributed by atoms with Gasteiger partial charge in [0, 0.05) is 4.92 Å². The van der Waals surface area contributed by atoms with Crippen molar-refractivity contribution in [1.29, 1.82) is 0 Å². The maximum Gasteiger partial charge on any atom is 0.325 e. The summed E-state index contributed by atoms with van der Waals surface area (Å²) in [6.07, 6.45) is -0.144. The van der Waals surface area contributed by atoms with Crippen molar-refractivity contribution < 1.29 is 19.2 Å². The van der Waals surface area contributed by atoms with Crippen LogP contribution < -0.4 is 0 Å². The fourth-order valence-electron chi connectivity index (χ4n) is 2.33. The number of likely N-dealkylation sites (tertiary alicyclic amines) is 1. The van der Waals surface area contributed by atoms with Gasteiger partial charge in [0.15, 0.2) is 0 Å². The Kier molecular flexibility index (Phi) is 4.63. The van der Waals surface area contributed by atoms with Gasteiger partial charge in [-0.2, -0.15) is 0 Å². The maximum atomic E-state index is 11.8. The number of carbonyl (C=O) groups is 2. The van der Waals surface area contributed by atoms with Gasteiger partial charge in [-0.15, -0.1) is 0 Å². The van der Waals surface area contributed by atoms with E-state index in [9.17, 15) is 19.7 Å². The minimum Gasteiger partial charge on any atom is -0.465 e. The summed E-state index contributed by atoms with van der Waals surface area (Å²) < 4.78 is 4.77. The lowest BCUT2D eigenvalue weighted by molar-refractivity contribution is -0.525. The SMILES string of the molecule is CCOC(=O)CN1C(=O)C[C@@H]([N+](=O)[O-])[C@@H]1C(C)C. The number of rotatable bonds is 5. The van der Waals surface area contributed by atoms with Gasteiger partial charge in [-0.1, -0.05) is 13.8 Å². The zero-order chi connectivity index (χ0) is 13.9. The number of nitro groups is 1. The first kappa shape index (κ1) is 14.4. The van der Waals surface area contributed by atoms with E-state index in [0.29, 0.717) is 0 Å². The third-order valence-corrected chi connectivity index (χ3v) is 3.02. The Morgan fingerprint density at radius 2 is 2.22 bits per heavy atom. The number of amides is 1. The highest BCUT2D eigenvalue weighted by molar-refractivity contribution is 5.84. The molecule has 1 amide bonds. The van der Waals surface area contributed by atoms with Crippen LogP contribution >= 0.6 is 0 Å². The highest BCUT2D eigenvalue weighted by Gasteiger charge is 2.49. The zero-order valence-electron chi connectivity index (χ0n) is 10.8. The molecule has 0 aromatic carbocycles. The van der Waals surface area contributed by atoms with E-state index < -0.39 is 23.0 Å². The average Bonchev–Trinajstić information content (AvgIpc) is 2.57. The van der Waals surface area contributed by atoms with Crippen LogP contribution in [0.15, 0.2) is 0 Å². The summed E-state index contributed by atoms with van der Waals surface area (Å²) in [6, 6.07) is -1.48. The molecule has 7 heteroatoms. The summed E-state index contributed by atoms with van der Waals surface area (Å²) in [6.45, 7) is 5.30. The molecular formula is C11H18N2O5. The fourth-order valence-corrected chi connectivity index (χ4v) is 2.33. The number of nitrogens with zero attached hydrogens (tertiary/aromatic N) is 2. The van der Waals surface area contributed by atoms with Gasteiger partial charge in [-0.3, -0.25) is 19.7 Å². The van der Waals surface area contributed by atoms with E-state index in [0.717, 1.165) is 0 Å². The number of hydrogen-bond acceptors (Lipinski definition) is 5. The Bertz CT molecular complexity index is 355. The van der Waals surface area contributed by atoms with E-state index in [4.69, 9.17) is 4.74 Å². The highest BCUT2D eigenvalue weighted by Crippen LogP contribution is 2.27. The molecule has 0 aliphatic carbocycles. The molecule has 1 saturated heterocycles. The van der Waals surface area contributed by atoms with Crippen LogP contribution in [0.4, 0.5) is 0 Å². The van der Waals surface area contributed by atoms with E-state index in [1.807, 2.05) is 0 Å². The molecule has 18 heavy (non-hydrogen) atoms. The van der Waals surface area contributed by atoms with Crippen LogP contribution in [0.25, 0.3) is 0 Å². The van der Waals surface area contributed by atoms with E-state index in [1.165, 1.54) is 4.90 Å². The minimum atomic E-state index is -0.938. The predicted molar refractivity (Wildman–Crippen MR) is 62.4 cm³/mol. The topological polar surface area (TPSA) is 89.8 Å². The second kappa shape index (κ2) is 5.79. The molecule has 0 N–H and O–H groups in total. The Balaban J connectivity index is 2.84. The normalized spacial score (nSPS) is 23.6. The number of ether oxygens (including phenoxy) is 1. The molecule has 0 saturated carbocycles. The summed E-state index contributed by atoms with van der Waals surface area (Å²) in [4.78, 5) is 34.9. The largest absolute Gasteiger partial charge is 0.465 e. The van der Waals surface area contributed by atoms with Crippen molar-refractivity contribution in [2.24, 2.45) is 5.92 Å². The second-order valence-electron chi connectivity index (χ2n) is 4.62. The monoisotopic (exact) mass is 258 g/mol. The van der Waals surface area contributed by atoms with E-state index in [-0.39, 0.29) is 31.4 Å². The van der Waals surface area contributed by atoms with Gasteiger partial charge in [-0.25, -0.2) is 0 Å². The summed E-state index contributed by atoms with van der Waals surface area (Å²) >= 11 is 0. The van der Waals surface area contributed by atoms with E-state index in [1.54, 1.807) is 20.8 Å². The van der Waals surface area contributed by atoms with Crippen molar-refractivity contribution in [1.82, 2.24) is 4.90 Å². The van der Waals surface area contributed by atoms with Crippen molar-refractivity contribution in [2.75, 3.05) is 13.2 Å². The van der Waals surface area contributed by atoms with Gasteiger partial charge >= 0.3 is 5.97 Å². The van der Waals surface area contributed by atoms with Gasteiger partial charge in [0.05, 0.1) is 13.0 Å². The summed E-state index contributed by atoms with van der Waals surface area (Å²) in [5, 5.41) is 10.9. The summed E-state index contributed by atoms with van der Waals surface area (Å²) in [5.41, 5.74) is 0. The molecule has 102 valence electrons. The molecule has 2 atom stereocenters. The smallest absolute Gasteiger partial charge is 0.325 e. The van der Waals surface area contributed by atoms with Crippen LogP contribution in [0.2, 0.25) is 0 Å². The summed E-state index contributed by atoms with van der Waals surface area (Å²) in [7, 11) is 0. The summed E-state index contributed by atoms with van der Waals surface area (Å²) in [5.74, 6) is -0.967. The molecule has 1 fully saturated rings. The molecule has 7 nitrogen and oxygen atoms in total. The van der Waals surface area contributed by atoms with Gasteiger partial charge < -0.3 is 9.64 Å². The van der Waals surface area contributed by atoms with E-state index >= 15 is 0 Å². The molecule has 1 aliphatic heterocycles. The molecule has 0 aromatic heterocycles. The van der Waals surface area contributed by atoms with Gasteiger partial charge in [0.2, 0.25) is 11.9 Å². The minimum absolute atomic E-state index is 0.0822. The third kappa shape index (κ3) is 2.96. The lowest BCUT2D eigenvalue weighted by Gasteiger charge is -2.26. The molecule has 0 radical (unpaired) electrons. The zero-order valence-corrected chi connectivity index (χ0v) is 10.8. The van der Waals surface area contributed by atoms with Crippen molar-refractivity contribution in [3.63, 3.8) is 0 Å². The fraction of sp³-hybridized carbons (Fsp3) is 0.818. The lowest BCUT2D eigenvalue weighted by Crippen LogP contribution is -2.45. The lowest BCUT2D eigenvalue weighted by atomic mass is 9.98. The van der Waals surface area contributed by atoms with Gasteiger partial charge in [-0.05, 0) is 12.8 Å². The van der Waals surface area contributed by atoms with Crippen LogP contribution in [0.1, 0.15) is 27.2 Å². The van der Waals surface area contributed by atoms with Crippen LogP contribution in [-0.2, 0) is 14.3 Å². The van der Waals surface area contributed by atoms with Crippen molar-refractivity contribution in [3.8, 4) is 0 Å². The molecule has 0 aromatic rings. The Labute approximate surface area is 105 Å². The molecule has 0 unspecified atom stereocenters. The van der Waals surface area contributed by atoms with Gasteiger partial charge in [0.25, 0.3) is 0 Å². The van der Waals surface area contributed by atoms with Crippen LogP contribution in [-0.4, -0.2) is 46.9 Å². The van der Waals surface area contributed by atoms with Crippen LogP contribution in [0.3, 0.4) is 0 Å². The molecule has 0 spiro atoms.